The van der Waals surface area contributed by atoms with Gasteiger partial charge in [-0.25, -0.2) is 5.84 Å². The van der Waals surface area contributed by atoms with Crippen LogP contribution in [0.1, 0.15) is 10.4 Å². The molecule has 0 saturated heterocycles. The summed E-state index contributed by atoms with van der Waals surface area (Å²) in [6, 6.07) is 13.5. The molecule has 7 nitrogen and oxygen atoms in total. The molecule has 0 aliphatic heterocycles. The first kappa shape index (κ1) is 16.3. The minimum Gasteiger partial charge on any atom is -0.497 e. The second-order valence-electron chi connectivity index (χ2n) is 4.54. The fraction of sp³-hybridized carbons (Fsp3) is 0.125. The van der Waals surface area contributed by atoms with Gasteiger partial charge in [0.25, 0.3) is 11.8 Å². The molecule has 0 radical (unpaired) electrons. The van der Waals surface area contributed by atoms with Gasteiger partial charge < -0.3 is 14.8 Å². The number of nitrogen functional groups attached to an aromatic ring is 1. The molecule has 0 saturated carbocycles. The molecular weight excluding hydrogens is 298 g/mol. The Bertz CT molecular complexity index is 703. The standard InChI is InChI=1S/C16H17N3O4/c1-22-12-6-4-5-11(9-12)18-15(20)10-23-14-8-3-2-7-13(14)16(21)19-17/h2-9H,10,17H2,1H3,(H,18,20)(H,19,21). The molecule has 23 heavy (non-hydrogen) atoms. The summed E-state index contributed by atoms with van der Waals surface area (Å²) in [6.07, 6.45) is 0. The number of hydrogen-bond donors (Lipinski definition) is 3. The van der Waals surface area contributed by atoms with Crippen LogP contribution < -0.4 is 26.1 Å². The molecule has 2 aromatic rings. The number of methoxy groups -OCH3 is 1. The maximum Gasteiger partial charge on any atom is 0.268 e. The topological polar surface area (TPSA) is 103 Å². The molecule has 0 heterocycles. The van der Waals surface area contributed by atoms with E-state index in [4.69, 9.17) is 15.3 Å². The third-order valence-corrected chi connectivity index (χ3v) is 2.98. The third kappa shape index (κ3) is 4.45. The molecule has 0 aliphatic rings. The summed E-state index contributed by atoms with van der Waals surface area (Å²) >= 11 is 0. The van der Waals surface area contributed by atoms with Gasteiger partial charge in [0, 0.05) is 11.8 Å². The summed E-state index contributed by atoms with van der Waals surface area (Å²) in [5.41, 5.74) is 2.87. The van der Waals surface area contributed by atoms with E-state index in [1.165, 1.54) is 0 Å². The van der Waals surface area contributed by atoms with Gasteiger partial charge in [-0.15, -0.1) is 0 Å². The highest BCUT2D eigenvalue weighted by Crippen LogP contribution is 2.19. The van der Waals surface area contributed by atoms with E-state index in [0.717, 1.165) is 0 Å². The molecule has 0 fully saturated rings. The zero-order valence-corrected chi connectivity index (χ0v) is 12.5. The Balaban J connectivity index is 1.98. The van der Waals surface area contributed by atoms with Crippen molar-refractivity contribution in [3.05, 3.63) is 54.1 Å². The van der Waals surface area contributed by atoms with Crippen LogP contribution in [0.2, 0.25) is 0 Å². The molecular formula is C16H17N3O4. The molecule has 0 atom stereocenters. The van der Waals surface area contributed by atoms with E-state index in [2.05, 4.69) is 5.32 Å². The summed E-state index contributed by atoms with van der Waals surface area (Å²) in [5, 5.41) is 2.68. The zero-order valence-electron chi connectivity index (χ0n) is 12.5. The number of rotatable bonds is 6. The van der Waals surface area contributed by atoms with Gasteiger partial charge in [0.1, 0.15) is 11.5 Å². The SMILES string of the molecule is COc1cccc(NC(=O)COc2ccccc2C(=O)NN)c1. The summed E-state index contributed by atoms with van der Waals surface area (Å²) in [7, 11) is 1.55. The number of amides is 2. The number of nitrogens with one attached hydrogen (secondary N) is 2. The lowest BCUT2D eigenvalue weighted by atomic mass is 10.2. The van der Waals surface area contributed by atoms with Gasteiger partial charge in [-0.05, 0) is 24.3 Å². The molecule has 2 aromatic carbocycles. The number of carbonyl (C=O) groups excluding carboxylic acids is 2. The summed E-state index contributed by atoms with van der Waals surface area (Å²) < 4.78 is 10.5. The van der Waals surface area contributed by atoms with Crippen LogP contribution in [0.5, 0.6) is 11.5 Å². The van der Waals surface area contributed by atoms with Crippen molar-refractivity contribution in [1.82, 2.24) is 5.43 Å². The minimum absolute atomic E-state index is 0.244. The summed E-state index contributed by atoms with van der Waals surface area (Å²) in [6.45, 7) is -0.244. The van der Waals surface area contributed by atoms with Crippen molar-refractivity contribution >= 4 is 17.5 Å². The zero-order chi connectivity index (χ0) is 16.7. The Morgan fingerprint density at radius 3 is 2.65 bits per heavy atom. The Morgan fingerprint density at radius 1 is 1.13 bits per heavy atom. The Labute approximate surface area is 133 Å². The van der Waals surface area contributed by atoms with E-state index in [1.807, 2.05) is 5.43 Å². The number of anilines is 1. The molecule has 0 bridgehead atoms. The maximum absolute atomic E-state index is 11.9. The lowest BCUT2D eigenvalue weighted by Gasteiger charge is -2.11. The molecule has 120 valence electrons. The van der Waals surface area contributed by atoms with E-state index in [9.17, 15) is 9.59 Å². The highest BCUT2D eigenvalue weighted by molar-refractivity contribution is 5.97. The fourth-order valence-corrected chi connectivity index (χ4v) is 1.90. The molecule has 2 amide bonds. The first-order valence-corrected chi connectivity index (χ1v) is 6.80. The quantitative estimate of drug-likeness (QED) is 0.424. The Morgan fingerprint density at radius 2 is 1.91 bits per heavy atom. The van der Waals surface area contributed by atoms with Gasteiger partial charge in [-0.3, -0.25) is 15.0 Å². The molecule has 0 spiro atoms. The van der Waals surface area contributed by atoms with Gasteiger partial charge in [-0.2, -0.15) is 0 Å². The first-order chi connectivity index (χ1) is 11.1. The van der Waals surface area contributed by atoms with Crippen molar-refractivity contribution in [2.75, 3.05) is 19.0 Å². The Hall–Kier alpha value is -3.06. The molecule has 0 aromatic heterocycles. The van der Waals surface area contributed by atoms with Crippen LogP contribution in [0.25, 0.3) is 0 Å². The van der Waals surface area contributed by atoms with Crippen LogP contribution in [0.4, 0.5) is 5.69 Å². The van der Waals surface area contributed by atoms with Crippen LogP contribution in [0, 0.1) is 0 Å². The second kappa shape index (κ2) is 7.81. The second-order valence-corrected chi connectivity index (χ2v) is 4.54. The van der Waals surface area contributed by atoms with Gasteiger partial charge in [0.15, 0.2) is 6.61 Å². The van der Waals surface area contributed by atoms with Crippen molar-refractivity contribution in [2.24, 2.45) is 5.84 Å². The molecule has 0 aliphatic carbocycles. The molecule has 2 rings (SSSR count). The van der Waals surface area contributed by atoms with Crippen LogP contribution >= 0.6 is 0 Å². The fourth-order valence-electron chi connectivity index (χ4n) is 1.90. The number of carbonyl (C=O) groups is 2. The summed E-state index contributed by atoms with van der Waals surface area (Å²) in [5.74, 6) is 5.17. The number of benzene rings is 2. The maximum atomic E-state index is 11.9. The number of hydrazine groups is 1. The third-order valence-electron chi connectivity index (χ3n) is 2.98. The molecule has 0 unspecified atom stereocenters. The Kier molecular flexibility index (Phi) is 5.54. The lowest BCUT2D eigenvalue weighted by molar-refractivity contribution is -0.118. The minimum atomic E-state index is -0.492. The van der Waals surface area contributed by atoms with E-state index in [1.54, 1.807) is 55.6 Å². The molecule has 4 N–H and O–H groups in total. The van der Waals surface area contributed by atoms with E-state index in [-0.39, 0.29) is 23.8 Å². The van der Waals surface area contributed by atoms with Gasteiger partial charge >= 0.3 is 0 Å². The highest BCUT2D eigenvalue weighted by Gasteiger charge is 2.12. The van der Waals surface area contributed by atoms with Crippen LogP contribution in [-0.2, 0) is 4.79 Å². The smallest absolute Gasteiger partial charge is 0.268 e. The largest absolute Gasteiger partial charge is 0.497 e. The normalized spacial score (nSPS) is 9.83. The lowest BCUT2D eigenvalue weighted by Crippen LogP contribution is -2.30. The van der Waals surface area contributed by atoms with Gasteiger partial charge in [0.05, 0.1) is 12.7 Å². The molecule has 7 heteroatoms. The van der Waals surface area contributed by atoms with E-state index >= 15 is 0 Å². The van der Waals surface area contributed by atoms with Crippen LogP contribution in [0.3, 0.4) is 0 Å². The number of hydrogen-bond acceptors (Lipinski definition) is 5. The number of para-hydroxylation sites is 1. The van der Waals surface area contributed by atoms with Crippen molar-refractivity contribution in [3.8, 4) is 11.5 Å². The number of nitrogens with two attached hydrogens (primary N) is 1. The average molecular weight is 315 g/mol. The summed E-state index contributed by atoms with van der Waals surface area (Å²) in [4.78, 5) is 23.5. The van der Waals surface area contributed by atoms with Crippen molar-refractivity contribution in [3.63, 3.8) is 0 Å². The number of ether oxygens (including phenoxy) is 2. The van der Waals surface area contributed by atoms with Crippen molar-refractivity contribution < 1.29 is 19.1 Å². The highest BCUT2D eigenvalue weighted by atomic mass is 16.5. The monoisotopic (exact) mass is 315 g/mol. The predicted octanol–water partition coefficient (Wildman–Crippen LogP) is 1.32. The predicted molar refractivity (Wildman–Crippen MR) is 85.2 cm³/mol. The first-order valence-electron chi connectivity index (χ1n) is 6.80. The van der Waals surface area contributed by atoms with E-state index < -0.39 is 5.91 Å². The van der Waals surface area contributed by atoms with E-state index in [0.29, 0.717) is 11.4 Å². The van der Waals surface area contributed by atoms with Crippen LogP contribution in [0.15, 0.2) is 48.5 Å². The van der Waals surface area contributed by atoms with Crippen LogP contribution in [-0.4, -0.2) is 25.5 Å². The average Bonchev–Trinajstić information content (AvgIpc) is 2.59. The van der Waals surface area contributed by atoms with Gasteiger partial charge in [-0.1, -0.05) is 18.2 Å². The van der Waals surface area contributed by atoms with Gasteiger partial charge in [0.2, 0.25) is 0 Å². The van der Waals surface area contributed by atoms with Crippen molar-refractivity contribution in [1.29, 1.82) is 0 Å². The van der Waals surface area contributed by atoms with Crippen molar-refractivity contribution in [2.45, 2.75) is 0 Å².